The third kappa shape index (κ3) is 7.93. The van der Waals surface area contributed by atoms with Gasteiger partial charge in [0.25, 0.3) is 0 Å². The number of carbonyl (C=O) groups is 1. The first-order chi connectivity index (χ1) is 6.35. The number of hydrogen-bond acceptors (Lipinski definition) is 5. The Bertz CT molecular complexity index is 341. The molecule has 0 aliphatic rings. The van der Waals surface area contributed by atoms with Crippen molar-refractivity contribution in [1.82, 2.24) is 0 Å². The van der Waals surface area contributed by atoms with Gasteiger partial charge >= 0.3 is 5.97 Å². The molecule has 14 heavy (non-hydrogen) atoms. The molecular weight excluding hydrogens is 228 g/mol. The maximum Gasteiger partial charge on any atom is 0.331 e. The van der Waals surface area contributed by atoms with E-state index in [2.05, 4.69) is 4.74 Å². The monoisotopic (exact) mass is 240 g/mol. The van der Waals surface area contributed by atoms with E-state index in [4.69, 9.17) is 0 Å². The molecule has 1 atom stereocenters. The minimum atomic E-state index is -3.11. The van der Waals surface area contributed by atoms with Crippen molar-refractivity contribution in [2.75, 3.05) is 24.9 Å². The molecule has 0 aromatic heterocycles. The van der Waals surface area contributed by atoms with Crippen LogP contribution in [0.3, 0.4) is 0 Å². The fourth-order valence-electron chi connectivity index (χ4n) is 0.501. The number of methoxy groups -OCH3 is 1. The van der Waals surface area contributed by atoms with Gasteiger partial charge in [-0.05, 0) is 0 Å². The van der Waals surface area contributed by atoms with Crippen LogP contribution in [0.2, 0.25) is 0 Å². The third-order valence-electron chi connectivity index (χ3n) is 1.21. The van der Waals surface area contributed by atoms with Crippen LogP contribution in [0.15, 0.2) is 11.5 Å². The molecule has 5 nitrogen and oxygen atoms in total. The Morgan fingerprint density at radius 1 is 1.50 bits per heavy atom. The van der Waals surface area contributed by atoms with E-state index < -0.39 is 26.6 Å². The van der Waals surface area contributed by atoms with Crippen molar-refractivity contribution in [3.05, 3.63) is 11.5 Å². The second-order valence-corrected chi connectivity index (χ2v) is 6.24. The van der Waals surface area contributed by atoms with Crippen molar-refractivity contribution in [3.8, 4) is 0 Å². The SMILES string of the molecule is COC(=O)/C=C/S(=O)CCS(C)(=O)=O. The molecule has 82 valence electrons. The normalized spacial score (nSPS) is 14.1. The van der Waals surface area contributed by atoms with Crippen LogP contribution in [0.4, 0.5) is 0 Å². The highest BCUT2D eigenvalue weighted by Gasteiger charge is 2.04. The highest BCUT2D eigenvalue weighted by molar-refractivity contribution is 7.93. The molecular formula is C7H12O5S2. The summed E-state index contributed by atoms with van der Waals surface area (Å²) < 4.78 is 36.7. The van der Waals surface area contributed by atoms with Gasteiger partial charge in [0.05, 0.1) is 12.9 Å². The quantitative estimate of drug-likeness (QED) is 0.477. The van der Waals surface area contributed by atoms with E-state index in [1.54, 1.807) is 0 Å². The molecule has 0 fully saturated rings. The minimum Gasteiger partial charge on any atom is -0.466 e. The zero-order valence-corrected chi connectivity index (χ0v) is 9.56. The van der Waals surface area contributed by atoms with Crippen LogP contribution in [0.5, 0.6) is 0 Å². The van der Waals surface area contributed by atoms with Crippen LogP contribution in [-0.4, -0.2) is 43.5 Å². The average molecular weight is 240 g/mol. The van der Waals surface area contributed by atoms with Gasteiger partial charge in [-0.3, -0.25) is 4.21 Å². The summed E-state index contributed by atoms with van der Waals surface area (Å²) in [4.78, 5) is 10.6. The molecule has 0 spiro atoms. The van der Waals surface area contributed by atoms with Gasteiger partial charge in [0.2, 0.25) is 0 Å². The van der Waals surface area contributed by atoms with Gasteiger partial charge in [-0.2, -0.15) is 0 Å². The van der Waals surface area contributed by atoms with Crippen LogP contribution >= 0.6 is 0 Å². The van der Waals surface area contributed by atoms with Gasteiger partial charge in [0.1, 0.15) is 9.84 Å². The number of carbonyl (C=O) groups excluding carboxylic acids is 1. The summed E-state index contributed by atoms with van der Waals surface area (Å²) in [6, 6.07) is 0. The van der Waals surface area contributed by atoms with E-state index in [-0.39, 0.29) is 11.5 Å². The van der Waals surface area contributed by atoms with Crippen molar-refractivity contribution in [2.24, 2.45) is 0 Å². The Morgan fingerprint density at radius 2 is 2.07 bits per heavy atom. The lowest BCUT2D eigenvalue weighted by Gasteiger charge is -1.94. The second-order valence-electron chi connectivity index (χ2n) is 2.54. The number of rotatable bonds is 5. The van der Waals surface area contributed by atoms with E-state index >= 15 is 0 Å². The van der Waals surface area contributed by atoms with Crippen molar-refractivity contribution >= 4 is 26.6 Å². The summed E-state index contributed by atoms with van der Waals surface area (Å²) in [5.74, 6) is -0.782. The number of sulfone groups is 1. The highest BCUT2D eigenvalue weighted by Crippen LogP contribution is 1.91. The molecule has 0 bridgehead atoms. The minimum absolute atomic E-state index is 0.00761. The molecule has 0 saturated carbocycles. The standard InChI is InChI=1S/C7H12O5S2/c1-12-7(8)3-4-13(9)5-6-14(2,10)11/h3-4H,5-6H2,1-2H3/b4-3+. The number of ether oxygens (including phenoxy) is 1. The summed E-state index contributed by atoms with van der Waals surface area (Å²) >= 11 is 0. The molecule has 0 radical (unpaired) electrons. The molecule has 0 heterocycles. The lowest BCUT2D eigenvalue weighted by Crippen LogP contribution is -2.10. The van der Waals surface area contributed by atoms with Gasteiger partial charge < -0.3 is 4.74 Å². The summed E-state index contributed by atoms with van der Waals surface area (Å²) in [6.45, 7) is 0. The van der Waals surface area contributed by atoms with Crippen LogP contribution < -0.4 is 0 Å². The highest BCUT2D eigenvalue weighted by atomic mass is 32.2. The number of hydrogen-bond donors (Lipinski definition) is 0. The Morgan fingerprint density at radius 3 is 2.50 bits per heavy atom. The lowest BCUT2D eigenvalue weighted by molar-refractivity contribution is -0.134. The predicted molar refractivity (Wildman–Crippen MR) is 53.9 cm³/mol. The molecule has 0 aliphatic heterocycles. The summed E-state index contributed by atoms with van der Waals surface area (Å²) in [7, 11) is -3.36. The molecule has 0 aromatic carbocycles. The van der Waals surface area contributed by atoms with E-state index in [1.807, 2.05) is 0 Å². The molecule has 0 aliphatic carbocycles. The Balaban J connectivity index is 4.00. The Kier molecular flexibility index (Phi) is 5.63. The maximum absolute atomic E-state index is 11.1. The fourth-order valence-corrected chi connectivity index (χ4v) is 2.77. The Labute approximate surface area is 85.5 Å². The molecule has 0 saturated heterocycles. The van der Waals surface area contributed by atoms with E-state index in [9.17, 15) is 17.4 Å². The van der Waals surface area contributed by atoms with Crippen molar-refractivity contribution < 1.29 is 22.2 Å². The molecule has 7 heteroatoms. The zero-order chi connectivity index (χ0) is 11.2. The van der Waals surface area contributed by atoms with Crippen molar-refractivity contribution in [2.45, 2.75) is 0 Å². The number of esters is 1. The van der Waals surface area contributed by atoms with Gasteiger partial charge in [0, 0.05) is 34.3 Å². The van der Waals surface area contributed by atoms with Crippen LogP contribution in [0, 0.1) is 0 Å². The van der Waals surface area contributed by atoms with Crippen molar-refractivity contribution in [1.29, 1.82) is 0 Å². The second kappa shape index (κ2) is 5.92. The predicted octanol–water partition coefficient (Wildman–Crippen LogP) is -0.534. The first-order valence-corrected chi connectivity index (χ1v) is 7.10. The first-order valence-electron chi connectivity index (χ1n) is 3.66. The molecule has 0 amide bonds. The van der Waals surface area contributed by atoms with Crippen LogP contribution in [0.1, 0.15) is 0 Å². The molecule has 0 aromatic rings. The third-order valence-corrected chi connectivity index (χ3v) is 3.46. The summed E-state index contributed by atoms with van der Waals surface area (Å²) in [6.07, 6.45) is 2.08. The smallest absolute Gasteiger partial charge is 0.331 e. The summed E-state index contributed by atoms with van der Waals surface area (Å²) in [5.41, 5.74) is 0. The van der Waals surface area contributed by atoms with Crippen molar-refractivity contribution in [3.63, 3.8) is 0 Å². The van der Waals surface area contributed by atoms with Gasteiger partial charge in [0.15, 0.2) is 0 Å². The van der Waals surface area contributed by atoms with E-state index in [0.29, 0.717) is 0 Å². The van der Waals surface area contributed by atoms with Gasteiger partial charge in [-0.25, -0.2) is 13.2 Å². The Hall–Kier alpha value is -0.690. The zero-order valence-electron chi connectivity index (χ0n) is 7.93. The lowest BCUT2D eigenvalue weighted by atomic mass is 10.7. The fraction of sp³-hybridized carbons (Fsp3) is 0.571. The van der Waals surface area contributed by atoms with E-state index in [0.717, 1.165) is 17.7 Å². The maximum atomic E-state index is 11.1. The van der Waals surface area contributed by atoms with E-state index in [1.165, 1.54) is 7.11 Å². The first kappa shape index (κ1) is 13.3. The van der Waals surface area contributed by atoms with Gasteiger partial charge in [-0.15, -0.1) is 0 Å². The molecule has 0 rings (SSSR count). The summed E-state index contributed by atoms with van der Waals surface area (Å²) in [5, 5.41) is 1.12. The van der Waals surface area contributed by atoms with Gasteiger partial charge in [-0.1, -0.05) is 0 Å². The molecule has 0 N–H and O–H groups in total. The van der Waals surface area contributed by atoms with Crippen LogP contribution in [0.25, 0.3) is 0 Å². The largest absolute Gasteiger partial charge is 0.466 e. The molecule has 1 unspecified atom stereocenters. The topological polar surface area (TPSA) is 77.5 Å². The van der Waals surface area contributed by atoms with Crippen LogP contribution in [-0.2, 0) is 30.2 Å². The average Bonchev–Trinajstić information content (AvgIpc) is 2.09.